The van der Waals surface area contributed by atoms with E-state index in [0.29, 0.717) is 6.10 Å². The lowest BCUT2D eigenvalue weighted by atomic mass is 9.98. The molecule has 0 amide bonds. The van der Waals surface area contributed by atoms with E-state index in [1.54, 1.807) is 0 Å². The summed E-state index contributed by atoms with van der Waals surface area (Å²) in [7, 11) is 0. The fourth-order valence-electron chi connectivity index (χ4n) is 2.32. The summed E-state index contributed by atoms with van der Waals surface area (Å²) >= 11 is 0. The smallest absolute Gasteiger partial charge is 0.119 e. The second kappa shape index (κ2) is 7.30. The lowest BCUT2D eigenvalue weighted by Crippen LogP contribution is -2.19. The van der Waals surface area contributed by atoms with Crippen molar-refractivity contribution < 1.29 is 9.47 Å². The van der Waals surface area contributed by atoms with Crippen LogP contribution in [0.3, 0.4) is 0 Å². The van der Waals surface area contributed by atoms with E-state index >= 15 is 0 Å². The van der Waals surface area contributed by atoms with Gasteiger partial charge in [-0.15, -0.1) is 0 Å². The third-order valence-electron chi connectivity index (χ3n) is 3.45. The maximum atomic E-state index is 5.98. The van der Waals surface area contributed by atoms with Crippen LogP contribution in [0.25, 0.3) is 0 Å². The zero-order valence-corrected chi connectivity index (χ0v) is 11.4. The van der Waals surface area contributed by atoms with Gasteiger partial charge in [0, 0.05) is 0 Å². The highest BCUT2D eigenvalue weighted by atomic mass is 16.5. The van der Waals surface area contributed by atoms with Crippen LogP contribution < -0.4 is 9.47 Å². The van der Waals surface area contributed by atoms with Crippen LogP contribution in [0.1, 0.15) is 51.9 Å². The van der Waals surface area contributed by atoms with Gasteiger partial charge in [0.15, 0.2) is 0 Å². The molecule has 1 aliphatic carbocycles. The molecule has 0 bridgehead atoms. The summed E-state index contributed by atoms with van der Waals surface area (Å²) in [5.41, 5.74) is 0. The Labute approximate surface area is 110 Å². The van der Waals surface area contributed by atoms with Gasteiger partial charge < -0.3 is 9.47 Å². The van der Waals surface area contributed by atoms with Crippen molar-refractivity contribution in [3.8, 4) is 11.5 Å². The van der Waals surface area contributed by atoms with E-state index in [1.807, 2.05) is 24.3 Å². The highest BCUT2D eigenvalue weighted by Crippen LogP contribution is 2.24. The summed E-state index contributed by atoms with van der Waals surface area (Å²) in [4.78, 5) is 0. The van der Waals surface area contributed by atoms with E-state index in [-0.39, 0.29) is 0 Å². The molecule has 1 aromatic rings. The Bertz CT molecular complexity index is 325. The van der Waals surface area contributed by atoms with Crippen molar-refractivity contribution in [3.63, 3.8) is 0 Å². The van der Waals surface area contributed by atoms with Gasteiger partial charge in [-0.2, -0.15) is 0 Å². The second-order valence-corrected chi connectivity index (χ2v) is 5.05. The first-order valence-corrected chi connectivity index (χ1v) is 7.28. The topological polar surface area (TPSA) is 18.5 Å². The summed E-state index contributed by atoms with van der Waals surface area (Å²) in [6, 6.07) is 8.06. The van der Waals surface area contributed by atoms with Crippen LogP contribution in [0.2, 0.25) is 0 Å². The summed E-state index contributed by atoms with van der Waals surface area (Å²) in [5, 5.41) is 0. The monoisotopic (exact) mass is 248 g/mol. The van der Waals surface area contributed by atoms with Crippen molar-refractivity contribution in [2.45, 2.75) is 58.0 Å². The van der Waals surface area contributed by atoms with Crippen LogP contribution in [0, 0.1) is 0 Å². The molecule has 0 radical (unpaired) electrons. The van der Waals surface area contributed by atoms with Crippen LogP contribution in [0.5, 0.6) is 11.5 Å². The quantitative estimate of drug-likeness (QED) is 0.686. The van der Waals surface area contributed by atoms with Gasteiger partial charge in [-0.25, -0.2) is 0 Å². The first-order valence-electron chi connectivity index (χ1n) is 7.28. The van der Waals surface area contributed by atoms with Gasteiger partial charge in [-0.3, -0.25) is 0 Å². The van der Waals surface area contributed by atoms with E-state index in [1.165, 1.54) is 38.5 Å². The van der Waals surface area contributed by atoms with E-state index < -0.39 is 0 Å². The van der Waals surface area contributed by atoms with Crippen molar-refractivity contribution in [1.82, 2.24) is 0 Å². The largest absolute Gasteiger partial charge is 0.494 e. The highest BCUT2D eigenvalue weighted by molar-refractivity contribution is 5.31. The molecule has 1 aromatic carbocycles. The molecular formula is C16H24O2. The third-order valence-corrected chi connectivity index (χ3v) is 3.45. The van der Waals surface area contributed by atoms with Crippen LogP contribution in [0.4, 0.5) is 0 Å². The Morgan fingerprint density at radius 3 is 2.33 bits per heavy atom. The number of benzene rings is 1. The maximum Gasteiger partial charge on any atom is 0.119 e. The summed E-state index contributed by atoms with van der Waals surface area (Å²) in [5.74, 6) is 1.92. The summed E-state index contributed by atoms with van der Waals surface area (Å²) in [6.07, 6.45) is 9.09. The lowest BCUT2D eigenvalue weighted by Gasteiger charge is -2.23. The SMILES string of the molecule is CCCCOc1ccc(OC2CCCCC2)cc1. The van der Waals surface area contributed by atoms with E-state index in [2.05, 4.69) is 6.92 Å². The van der Waals surface area contributed by atoms with Crippen LogP contribution in [0.15, 0.2) is 24.3 Å². The standard InChI is InChI=1S/C16H24O2/c1-2-3-13-17-14-9-11-16(12-10-14)18-15-7-5-4-6-8-15/h9-12,15H,2-8,13H2,1H3. The van der Waals surface area contributed by atoms with Crippen LogP contribution in [-0.2, 0) is 0 Å². The van der Waals surface area contributed by atoms with Gasteiger partial charge in [-0.1, -0.05) is 19.8 Å². The normalized spacial score (nSPS) is 16.5. The van der Waals surface area contributed by atoms with Crippen molar-refractivity contribution in [2.75, 3.05) is 6.61 Å². The Morgan fingerprint density at radius 2 is 1.67 bits per heavy atom. The van der Waals surface area contributed by atoms with Gasteiger partial charge in [0.1, 0.15) is 11.5 Å². The van der Waals surface area contributed by atoms with Gasteiger partial charge in [0.25, 0.3) is 0 Å². The minimum atomic E-state index is 0.422. The average molecular weight is 248 g/mol. The molecule has 0 aromatic heterocycles. The molecule has 0 atom stereocenters. The summed E-state index contributed by atoms with van der Waals surface area (Å²) < 4.78 is 11.6. The van der Waals surface area contributed by atoms with Crippen LogP contribution >= 0.6 is 0 Å². The Morgan fingerprint density at radius 1 is 1.00 bits per heavy atom. The molecule has 2 nitrogen and oxygen atoms in total. The predicted octanol–water partition coefficient (Wildman–Crippen LogP) is 4.58. The van der Waals surface area contributed by atoms with Crippen molar-refractivity contribution in [2.24, 2.45) is 0 Å². The Kier molecular flexibility index (Phi) is 5.37. The van der Waals surface area contributed by atoms with E-state index in [9.17, 15) is 0 Å². The highest BCUT2D eigenvalue weighted by Gasteiger charge is 2.14. The minimum Gasteiger partial charge on any atom is -0.494 e. The zero-order valence-electron chi connectivity index (χ0n) is 11.4. The van der Waals surface area contributed by atoms with Gasteiger partial charge in [-0.05, 0) is 56.4 Å². The minimum absolute atomic E-state index is 0.422. The van der Waals surface area contributed by atoms with Crippen molar-refractivity contribution >= 4 is 0 Å². The molecule has 1 aliphatic rings. The Balaban J connectivity index is 1.79. The van der Waals surface area contributed by atoms with Crippen LogP contribution in [-0.4, -0.2) is 12.7 Å². The van der Waals surface area contributed by atoms with Gasteiger partial charge in [0.2, 0.25) is 0 Å². The number of hydrogen-bond donors (Lipinski definition) is 0. The maximum absolute atomic E-state index is 5.98. The lowest BCUT2D eigenvalue weighted by molar-refractivity contribution is 0.155. The molecule has 0 aliphatic heterocycles. The fourth-order valence-corrected chi connectivity index (χ4v) is 2.32. The molecule has 18 heavy (non-hydrogen) atoms. The van der Waals surface area contributed by atoms with E-state index in [4.69, 9.17) is 9.47 Å². The fraction of sp³-hybridized carbons (Fsp3) is 0.625. The average Bonchev–Trinajstić information content (AvgIpc) is 2.42. The molecule has 2 rings (SSSR count). The first kappa shape index (κ1) is 13.3. The zero-order chi connectivity index (χ0) is 12.6. The molecule has 0 heterocycles. The summed E-state index contributed by atoms with van der Waals surface area (Å²) in [6.45, 7) is 2.98. The number of hydrogen-bond acceptors (Lipinski definition) is 2. The molecule has 0 spiro atoms. The molecule has 2 heteroatoms. The number of ether oxygens (including phenoxy) is 2. The molecule has 100 valence electrons. The molecular weight excluding hydrogens is 224 g/mol. The molecule has 0 N–H and O–H groups in total. The third kappa shape index (κ3) is 4.25. The Hall–Kier alpha value is -1.18. The predicted molar refractivity (Wildman–Crippen MR) is 74.3 cm³/mol. The van der Waals surface area contributed by atoms with Gasteiger partial charge in [0.05, 0.1) is 12.7 Å². The van der Waals surface area contributed by atoms with Crippen molar-refractivity contribution in [3.05, 3.63) is 24.3 Å². The first-order chi connectivity index (χ1) is 8.88. The number of rotatable bonds is 6. The second-order valence-electron chi connectivity index (χ2n) is 5.05. The molecule has 0 unspecified atom stereocenters. The van der Waals surface area contributed by atoms with Gasteiger partial charge >= 0.3 is 0 Å². The molecule has 1 saturated carbocycles. The van der Waals surface area contributed by atoms with E-state index in [0.717, 1.165) is 24.5 Å². The molecule has 0 saturated heterocycles. The number of unbranched alkanes of at least 4 members (excludes halogenated alkanes) is 1. The van der Waals surface area contributed by atoms with Crippen molar-refractivity contribution in [1.29, 1.82) is 0 Å². The molecule has 1 fully saturated rings.